The zero-order chi connectivity index (χ0) is 17.3. The van der Waals surface area contributed by atoms with E-state index in [2.05, 4.69) is 4.74 Å². The van der Waals surface area contributed by atoms with Crippen molar-refractivity contribution >= 4 is 5.97 Å². The maximum Gasteiger partial charge on any atom is 0.460 e. The molecule has 0 aromatic heterocycles. The average molecular weight is 340 g/mol. The maximum absolute atomic E-state index is 13.1. The van der Waals surface area contributed by atoms with Crippen molar-refractivity contribution in [2.24, 2.45) is 0 Å². The molecule has 0 spiro atoms. The summed E-state index contributed by atoms with van der Waals surface area (Å²) in [7, 11) is 0. The van der Waals surface area contributed by atoms with E-state index in [9.17, 15) is 44.3 Å². The number of halogens is 9. The van der Waals surface area contributed by atoms with Gasteiger partial charge in [-0.3, -0.25) is 0 Å². The van der Waals surface area contributed by atoms with E-state index in [4.69, 9.17) is 0 Å². The van der Waals surface area contributed by atoms with Crippen molar-refractivity contribution in [1.29, 1.82) is 0 Å². The number of alkyl halides is 7. The van der Waals surface area contributed by atoms with Gasteiger partial charge >= 0.3 is 24.0 Å². The topological polar surface area (TPSA) is 26.3 Å². The van der Waals surface area contributed by atoms with E-state index >= 15 is 0 Å². The van der Waals surface area contributed by atoms with Crippen LogP contribution in [-0.4, -0.2) is 30.6 Å². The highest BCUT2D eigenvalue weighted by Gasteiger charge is 2.73. The summed E-state index contributed by atoms with van der Waals surface area (Å²) in [4.78, 5) is 11.2. The van der Waals surface area contributed by atoms with E-state index in [1.54, 1.807) is 0 Å². The van der Waals surface area contributed by atoms with Crippen LogP contribution in [0.3, 0.4) is 0 Å². The van der Waals surface area contributed by atoms with E-state index in [1.165, 1.54) is 0 Å². The van der Waals surface area contributed by atoms with Crippen LogP contribution in [0, 0.1) is 11.6 Å². The largest absolute Gasteiger partial charge is 0.460 e. The second-order valence-corrected chi connectivity index (χ2v) is 3.98. The SMILES string of the molecule is O=C(OCC(F)(F)C(F)(F)C(F)(F)F)c1cc(F)ccc1F. The van der Waals surface area contributed by atoms with Gasteiger partial charge in [-0.25, -0.2) is 13.6 Å². The lowest BCUT2D eigenvalue weighted by molar-refractivity contribution is -0.359. The standard InChI is InChI=1S/C11H5F9O2/c12-5-1-2-7(13)6(3-5)8(21)22-4-9(14,15)10(16,17)11(18,19)20/h1-3H,4H2. The Morgan fingerprint density at radius 2 is 1.55 bits per heavy atom. The number of hydrogen-bond donors (Lipinski definition) is 0. The minimum absolute atomic E-state index is 0.206. The quantitative estimate of drug-likeness (QED) is 0.613. The fraction of sp³-hybridized carbons (Fsp3) is 0.364. The van der Waals surface area contributed by atoms with E-state index in [1.807, 2.05) is 0 Å². The Morgan fingerprint density at radius 1 is 1.00 bits per heavy atom. The van der Waals surface area contributed by atoms with E-state index in [0.717, 1.165) is 0 Å². The first-order valence-corrected chi connectivity index (χ1v) is 5.24. The lowest BCUT2D eigenvalue weighted by Crippen LogP contribution is -2.54. The Balaban J connectivity index is 2.89. The summed E-state index contributed by atoms with van der Waals surface area (Å²) < 4.78 is 115. The third-order valence-corrected chi connectivity index (χ3v) is 2.35. The fourth-order valence-electron chi connectivity index (χ4n) is 1.19. The molecule has 0 radical (unpaired) electrons. The molecule has 0 aliphatic rings. The van der Waals surface area contributed by atoms with Gasteiger partial charge in [0.05, 0.1) is 5.56 Å². The van der Waals surface area contributed by atoms with Crippen molar-refractivity contribution in [3.63, 3.8) is 0 Å². The molecule has 0 saturated carbocycles. The highest BCUT2D eigenvalue weighted by Crippen LogP contribution is 2.46. The average Bonchev–Trinajstić information content (AvgIpc) is 2.37. The molecule has 124 valence electrons. The fourth-order valence-corrected chi connectivity index (χ4v) is 1.19. The first kappa shape index (κ1) is 18.1. The summed E-state index contributed by atoms with van der Waals surface area (Å²) in [5.41, 5.74) is -1.23. The number of benzene rings is 1. The van der Waals surface area contributed by atoms with Crippen LogP contribution in [-0.2, 0) is 4.74 Å². The van der Waals surface area contributed by atoms with Crippen molar-refractivity contribution in [3.8, 4) is 0 Å². The van der Waals surface area contributed by atoms with Gasteiger partial charge in [0.1, 0.15) is 11.6 Å². The van der Waals surface area contributed by atoms with E-state index in [-0.39, 0.29) is 6.07 Å². The smallest absolute Gasteiger partial charge is 0.455 e. The molecule has 0 atom stereocenters. The van der Waals surface area contributed by atoms with Gasteiger partial charge in [-0.1, -0.05) is 0 Å². The van der Waals surface area contributed by atoms with Gasteiger partial charge in [-0.2, -0.15) is 30.7 Å². The second kappa shape index (κ2) is 5.69. The van der Waals surface area contributed by atoms with Crippen molar-refractivity contribution in [3.05, 3.63) is 35.4 Å². The van der Waals surface area contributed by atoms with Gasteiger partial charge in [-0.05, 0) is 18.2 Å². The van der Waals surface area contributed by atoms with Crippen LogP contribution in [0.1, 0.15) is 10.4 Å². The molecule has 0 bridgehead atoms. The number of esters is 1. The second-order valence-electron chi connectivity index (χ2n) is 3.98. The summed E-state index contributed by atoms with van der Waals surface area (Å²) in [6, 6.07) is 1.17. The molecule has 0 heterocycles. The van der Waals surface area contributed by atoms with Gasteiger partial charge in [0.15, 0.2) is 6.61 Å². The highest BCUT2D eigenvalue weighted by atomic mass is 19.4. The Kier molecular flexibility index (Phi) is 4.68. The van der Waals surface area contributed by atoms with Gasteiger partial charge in [0, 0.05) is 0 Å². The summed E-state index contributed by atoms with van der Waals surface area (Å²) in [5, 5.41) is 0. The zero-order valence-corrected chi connectivity index (χ0v) is 10.2. The number of hydrogen-bond acceptors (Lipinski definition) is 2. The van der Waals surface area contributed by atoms with Crippen molar-refractivity contribution < 1.29 is 49.0 Å². The maximum atomic E-state index is 13.1. The number of carbonyl (C=O) groups excluding carboxylic acids is 1. The van der Waals surface area contributed by atoms with Crippen LogP contribution in [0.15, 0.2) is 18.2 Å². The first-order chi connectivity index (χ1) is 9.79. The summed E-state index contributed by atoms with van der Waals surface area (Å²) in [6.07, 6.45) is -6.59. The molecule has 0 amide bonds. The monoisotopic (exact) mass is 340 g/mol. The number of carbonyl (C=O) groups is 1. The van der Waals surface area contributed by atoms with Crippen LogP contribution < -0.4 is 0 Å². The minimum atomic E-state index is -6.59. The molecule has 0 unspecified atom stereocenters. The molecule has 0 aliphatic carbocycles. The Hall–Kier alpha value is -1.94. The molecule has 0 N–H and O–H groups in total. The molecule has 0 fully saturated rings. The van der Waals surface area contributed by atoms with Crippen LogP contribution >= 0.6 is 0 Å². The van der Waals surface area contributed by atoms with Crippen LogP contribution in [0.4, 0.5) is 39.5 Å². The summed E-state index contributed by atoms with van der Waals surface area (Å²) in [6.45, 7) is -2.67. The highest BCUT2D eigenvalue weighted by molar-refractivity contribution is 5.89. The van der Waals surface area contributed by atoms with E-state index in [0.29, 0.717) is 12.1 Å². The first-order valence-electron chi connectivity index (χ1n) is 5.24. The van der Waals surface area contributed by atoms with Crippen molar-refractivity contribution in [2.45, 2.75) is 18.0 Å². The zero-order valence-electron chi connectivity index (χ0n) is 10.2. The lowest BCUT2D eigenvalue weighted by Gasteiger charge is -2.27. The lowest BCUT2D eigenvalue weighted by atomic mass is 10.1. The Morgan fingerprint density at radius 3 is 2.05 bits per heavy atom. The third kappa shape index (κ3) is 3.45. The summed E-state index contributed by atoms with van der Waals surface area (Å²) in [5.74, 6) is -16.9. The third-order valence-electron chi connectivity index (χ3n) is 2.35. The van der Waals surface area contributed by atoms with Gasteiger partial charge in [-0.15, -0.1) is 0 Å². The number of rotatable bonds is 4. The summed E-state index contributed by atoms with van der Waals surface area (Å²) >= 11 is 0. The predicted octanol–water partition coefficient (Wildman–Crippen LogP) is 3.95. The molecule has 1 aromatic rings. The molecule has 0 aliphatic heterocycles. The minimum Gasteiger partial charge on any atom is -0.455 e. The Labute approximate surface area is 116 Å². The molecule has 1 rings (SSSR count). The van der Waals surface area contributed by atoms with E-state index < -0.39 is 47.8 Å². The predicted molar refractivity (Wildman–Crippen MR) is 52.6 cm³/mol. The molecular formula is C11H5F9O2. The molecule has 1 aromatic carbocycles. The normalized spacial score (nSPS) is 13.1. The van der Waals surface area contributed by atoms with Crippen LogP contribution in [0.2, 0.25) is 0 Å². The van der Waals surface area contributed by atoms with Gasteiger partial charge in [0.2, 0.25) is 0 Å². The molecular weight excluding hydrogens is 335 g/mol. The molecule has 11 heteroatoms. The van der Waals surface area contributed by atoms with Crippen LogP contribution in [0.5, 0.6) is 0 Å². The van der Waals surface area contributed by atoms with Crippen molar-refractivity contribution in [2.75, 3.05) is 6.61 Å². The van der Waals surface area contributed by atoms with Gasteiger partial charge in [0.25, 0.3) is 0 Å². The molecule has 0 saturated heterocycles. The van der Waals surface area contributed by atoms with Crippen molar-refractivity contribution in [1.82, 2.24) is 0 Å². The molecule has 2 nitrogen and oxygen atoms in total. The molecule has 22 heavy (non-hydrogen) atoms. The Bertz CT molecular complexity index is 565. The number of ether oxygens (including phenoxy) is 1. The van der Waals surface area contributed by atoms with Crippen LogP contribution in [0.25, 0.3) is 0 Å². The van der Waals surface area contributed by atoms with Gasteiger partial charge < -0.3 is 4.74 Å².